The molecule has 1 aliphatic rings. The van der Waals surface area contributed by atoms with Gasteiger partial charge >= 0.3 is 0 Å². The average Bonchev–Trinajstić information content (AvgIpc) is 2.28. The standard InChI is InChI=1S/C14H17ClS/c1-9-3-8-13(10(2)14(9)15)11-4-6-12(16)7-5-11/h3-4,8,12,16H,5-7H2,1-2H3. The van der Waals surface area contributed by atoms with Gasteiger partial charge in [-0.05, 0) is 55.4 Å². The van der Waals surface area contributed by atoms with Crippen LogP contribution < -0.4 is 0 Å². The lowest BCUT2D eigenvalue weighted by molar-refractivity contribution is 0.765. The molecule has 1 atom stereocenters. The van der Waals surface area contributed by atoms with E-state index in [1.54, 1.807) is 0 Å². The van der Waals surface area contributed by atoms with Crippen molar-refractivity contribution in [2.75, 3.05) is 0 Å². The number of halogens is 1. The third-order valence-corrected chi connectivity index (χ3v) is 4.36. The summed E-state index contributed by atoms with van der Waals surface area (Å²) in [4.78, 5) is 0. The smallest absolute Gasteiger partial charge is 0.0470 e. The summed E-state index contributed by atoms with van der Waals surface area (Å²) in [5.74, 6) is 0. The Morgan fingerprint density at radius 2 is 2.06 bits per heavy atom. The number of thiol groups is 1. The van der Waals surface area contributed by atoms with Gasteiger partial charge in [0.05, 0.1) is 0 Å². The Hall–Kier alpha value is -0.400. The Labute approximate surface area is 108 Å². The molecule has 2 rings (SSSR count). The predicted molar refractivity (Wildman–Crippen MR) is 75.5 cm³/mol. The first-order chi connectivity index (χ1) is 7.59. The van der Waals surface area contributed by atoms with Crippen molar-refractivity contribution in [1.82, 2.24) is 0 Å². The number of hydrogen-bond donors (Lipinski definition) is 1. The van der Waals surface area contributed by atoms with Crippen molar-refractivity contribution in [1.29, 1.82) is 0 Å². The normalized spacial score (nSPS) is 20.8. The molecule has 0 spiro atoms. The summed E-state index contributed by atoms with van der Waals surface area (Å²) in [5, 5.41) is 1.44. The minimum Gasteiger partial charge on any atom is -0.176 e. The van der Waals surface area contributed by atoms with Crippen LogP contribution in [0, 0.1) is 13.8 Å². The summed E-state index contributed by atoms with van der Waals surface area (Å²) < 4.78 is 0. The van der Waals surface area contributed by atoms with Crippen LogP contribution >= 0.6 is 24.2 Å². The van der Waals surface area contributed by atoms with E-state index >= 15 is 0 Å². The van der Waals surface area contributed by atoms with Crippen LogP contribution in [0.15, 0.2) is 18.2 Å². The van der Waals surface area contributed by atoms with Gasteiger partial charge in [0.1, 0.15) is 0 Å². The number of rotatable bonds is 1. The lowest BCUT2D eigenvalue weighted by Gasteiger charge is -2.20. The van der Waals surface area contributed by atoms with Gasteiger partial charge < -0.3 is 0 Å². The summed E-state index contributed by atoms with van der Waals surface area (Å²) in [5.41, 5.74) is 5.12. The van der Waals surface area contributed by atoms with Gasteiger partial charge in [-0.1, -0.05) is 29.8 Å². The van der Waals surface area contributed by atoms with Gasteiger partial charge in [-0.15, -0.1) is 0 Å². The maximum absolute atomic E-state index is 6.29. The SMILES string of the molecule is Cc1ccc(C2=CCC(S)CC2)c(C)c1Cl. The monoisotopic (exact) mass is 252 g/mol. The maximum Gasteiger partial charge on any atom is 0.0470 e. The fraction of sp³-hybridized carbons (Fsp3) is 0.429. The van der Waals surface area contributed by atoms with Gasteiger partial charge in [-0.3, -0.25) is 0 Å². The third-order valence-electron chi connectivity index (χ3n) is 3.31. The van der Waals surface area contributed by atoms with Crippen molar-refractivity contribution in [2.45, 2.75) is 38.4 Å². The van der Waals surface area contributed by atoms with Crippen LogP contribution in [0.25, 0.3) is 5.57 Å². The molecule has 16 heavy (non-hydrogen) atoms. The molecule has 0 saturated carbocycles. The molecule has 0 bridgehead atoms. The van der Waals surface area contributed by atoms with E-state index in [0.29, 0.717) is 5.25 Å². The van der Waals surface area contributed by atoms with Crippen LogP contribution in [0.5, 0.6) is 0 Å². The second kappa shape index (κ2) is 4.85. The minimum absolute atomic E-state index is 0.532. The summed E-state index contributed by atoms with van der Waals surface area (Å²) in [6.07, 6.45) is 5.67. The molecular weight excluding hydrogens is 236 g/mol. The highest BCUT2D eigenvalue weighted by molar-refractivity contribution is 7.80. The van der Waals surface area contributed by atoms with Crippen LogP contribution in [0.4, 0.5) is 0 Å². The highest BCUT2D eigenvalue weighted by atomic mass is 35.5. The van der Waals surface area contributed by atoms with Crippen LogP contribution in [0.3, 0.4) is 0 Å². The van der Waals surface area contributed by atoms with Gasteiger partial charge in [0.25, 0.3) is 0 Å². The molecule has 1 aromatic rings. The Bertz CT molecular complexity index is 435. The summed E-state index contributed by atoms with van der Waals surface area (Å²) in [7, 11) is 0. The Balaban J connectivity index is 2.38. The number of aryl methyl sites for hydroxylation is 1. The molecule has 1 aromatic carbocycles. The zero-order valence-corrected chi connectivity index (χ0v) is 11.4. The first-order valence-corrected chi connectivity index (χ1v) is 6.62. The van der Waals surface area contributed by atoms with Gasteiger partial charge in [0.15, 0.2) is 0 Å². The Morgan fingerprint density at radius 1 is 1.31 bits per heavy atom. The minimum atomic E-state index is 0.532. The molecule has 0 aromatic heterocycles. The summed E-state index contributed by atoms with van der Waals surface area (Å²) in [6, 6.07) is 4.31. The number of benzene rings is 1. The average molecular weight is 253 g/mol. The fourth-order valence-electron chi connectivity index (χ4n) is 2.23. The topological polar surface area (TPSA) is 0 Å². The first kappa shape index (κ1) is 12.1. The molecule has 0 N–H and O–H groups in total. The molecule has 0 fully saturated rings. The number of allylic oxidation sites excluding steroid dienone is 2. The second-order valence-corrected chi connectivity index (χ2v) is 5.63. The lowest BCUT2D eigenvalue weighted by atomic mass is 9.90. The molecule has 0 aliphatic heterocycles. The molecule has 86 valence electrons. The molecule has 1 aliphatic carbocycles. The van der Waals surface area contributed by atoms with Crippen LogP contribution in [-0.4, -0.2) is 5.25 Å². The van der Waals surface area contributed by atoms with Crippen molar-refractivity contribution in [2.24, 2.45) is 0 Å². The van der Waals surface area contributed by atoms with Crippen LogP contribution in [0.2, 0.25) is 5.02 Å². The van der Waals surface area contributed by atoms with E-state index in [4.69, 9.17) is 11.6 Å². The zero-order chi connectivity index (χ0) is 11.7. The van der Waals surface area contributed by atoms with E-state index in [2.05, 4.69) is 44.7 Å². The fourth-order valence-corrected chi connectivity index (χ4v) is 2.63. The van der Waals surface area contributed by atoms with E-state index in [1.165, 1.54) is 23.1 Å². The predicted octanol–water partition coefficient (Wildman–Crippen LogP) is 4.82. The molecule has 1 unspecified atom stereocenters. The Kier molecular flexibility index (Phi) is 3.66. The van der Waals surface area contributed by atoms with Crippen LogP contribution in [-0.2, 0) is 0 Å². The van der Waals surface area contributed by atoms with E-state index < -0.39 is 0 Å². The lowest BCUT2D eigenvalue weighted by Crippen LogP contribution is -2.05. The largest absolute Gasteiger partial charge is 0.176 e. The quantitative estimate of drug-likeness (QED) is 0.681. The summed E-state index contributed by atoms with van der Waals surface area (Å²) in [6.45, 7) is 4.16. The van der Waals surface area contributed by atoms with E-state index in [-0.39, 0.29) is 0 Å². The Morgan fingerprint density at radius 3 is 2.69 bits per heavy atom. The zero-order valence-electron chi connectivity index (χ0n) is 9.76. The molecule has 0 radical (unpaired) electrons. The molecule has 0 saturated heterocycles. The van der Waals surface area contributed by atoms with Crippen LogP contribution in [0.1, 0.15) is 36.0 Å². The second-order valence-electron chi connectivity index (χ2n) is 4.53. The van der Waals surface area contributed by atoms with Gasteiger partial charge in [-0.25, -0.2) is 0 Å². The molecule has 0 nitrogen and oxygen atoms in total. The molecular formula is C14H17ClS. The third kappa shape index (κ3) is 2.31. The highest BCUT2D eigenvalue weighted by Crippen LogP contribution is 2.34. The van der Waals surface area contributed by atoms with Crippen molar-refractivity contribution >= 4 is 29.8 Å². The van der Waals surface area contributed by atoms with Gasteiger partial charge in [-0.2, -0.15) is 12.6 Å². The van der Waals surface area contributed by atoms with E-state index in [0.717, 1.165) is 23.4 Å². The molecule has 0 heterocycles. The first-order valence-electron chi connectivity index (χ1n) is 5.72. The van der Waals surface area contributed by atoms with Gasteiger partial charge in [0.2, 0.25) is 0 Å². The van der Waals surface area contributed by atoms with Crippen molar-refractivity contribution in [3.8, 4) is 0 Å². The molecule has 2 heteroatoms. The molecule has 0 amide bonds. The van der Waals surface area contributed by atoms with Gasteiger partial charge in [0, 0.05) is 10.3 Å². The van der Waals surface area contributed by atoms with Crippen molar-refractivity contribution in [3.05, 3.63) is 39.9 Å². The van der Waals surface area contributed by atoms with E-state index in [1.807, 2.05) is 0 Å². The van der Waals surface area contributed by atoms with Crippen molar-refractivity contribution in [3.63, 3.8) is 0 Å². The van der Waals surface area contributed by atoms with E-state index in [9.17, 15) is 0 Å². The maximum atomic E-state index is 6.29. The van der Waals surface area contributed by atoms with Crippen molar-refractivity contribution < 1.29 is 0 Å². The highest BCUT2D eigenvalue weighted by Gasteiger charge is 2.15. The summed E-state index contributed by atoms with van der Waals surface area (Å²) >= 11 is 10.8. The number of hydrogen-bond acceptors (Lipinski definition) is 1.